The van der Waals surface area contributed by atoms with Crippen LogP contribution in [0.15, 0.2) is 36.4 Å². The summed E-state index contributed by atoms with van der Waals surface area (Å²) in [6, 6.07) is 9.69. The van der Waals surface area contributed by atoms with Gasteiger partial charge in [0.05, 0.1) is 5.56 Å². The molecule has 0 radical (unpaired) electrons. The molecule has 0 unspecified atom stereocenters. The van der Waals surface area contributed by atoms with Crippen molar-refractivity contribution in [3.05, 3.63) is 42.0 Å². The molecule has 70 valence electrons. The summed E-state index contributed by atoms with van der Waals surface area (Å²) in [4.78, 5) is 10.8. The van der Waals surface area contributed by atoms with E-state index in [1.165, 1.54) is 18.2 Å². The summed E-state index contributed by atoms with van der Waals surface area (Å²) in [5.74, 6) is -0.910. The number of aromatic carboxylic acids is 1. The topological polar surface area (TPSA) is 57.5 Å². The summed E-state index contributed by atoms with van der Waals surface area (Å²) < 4.78 is 0. The van der Waals surface area contributed by atoms with Crippen molar-refractivity contribution in [2.75, 3.05) is 0 Å². The van der Waals surface area contributed by atoms with Crippen molar-refractivity contribution in [3.8, 4) is 5.75 Å². The molecule has 0 bridgehead atoms. The van der Waals surface area contributed by atoms with Crippen molar-refractivity contribution in [2.45, 2.75) is 0 Å². The van der Waals surface area contributed by atoms with Gasteiger partial charge in [-0.15, -0.1) is 0 Å². The molecule has 0 atom stereocenters. The molecule has 2 aromatic carbocycles. The van der Waals surface area contributed by atoms with Gasteiger partial charge in [0.25, 0.3) is 0 Å². The fourth-order valence-corrected chi connectivity index (χ4v) is 1.45. The van der Waals surface area contributed by atoms with E-state index in [0.29, 0.717) is 5.39 Å². The van der Waals surface area contributed by atoms with Crippen LogP contribution in [0.1, 0.15) is 10.4 Å². The van der Waals surface area contributed by atoms with Gasteiger partial charge in [-0.3, -0.25) is 0 Å². The number of rotatable bonds is 1. The van der Waals surface area contributed by atoms with Crippen LogP contribution >= 0.6 is 0 Å². The molecule has 2 N–H and O–H groups in total. The van der Waals surface area contributed by atoms with Crippen LogP contribution in [0.2, 0.25) is 0 Å². The van der Waals surface area contributed by atoms with E-state index in [0.717, 1.165) is 5.39 Å². The molecule has 2 rings (SSSR count). The molecule has 3 nitrogen and oxygen atoms in total. The minimum atomic E-state index is -0.985. The first-order valence-electron chi connectivity index (χ1n) is 4.13. The second kappa shape index (κ2) is 3.03. The SMILES string of the molecule is O=C(O)c1cccc2ccc(O)cc12. The van der Waals surface area contributed by atoms with Gasteiger partial charge in [0.1, 0.15) is 5.75 Å². The van der Waals surface area contributed by atoms with Gasteiger partial charge in [-0.1, -0.05) is 18.2 Å². The predicted octanol–water partition coefficient (Wildman–Crippen LogP) is 2.24. The van der Waals surface area contributed by atoms with E-state index < -0.39 is 5.97 Å². The van der Waals surface area contributed by atoms with E-state index in [1.54, 1.807) is 18.2 Å². The Balaban J connectivity index is 2.84. The van der Waals surface area contributed by atoms with Gasteiger partial charge < -0.3 is 10.2 Å². The zero-order valence-corrected chi connectivity index (χ0v) is 7.27. The molecule has 0 fully saturated rings. The van der Waals surface area contributed by atoms with E-state index in [1.807, 2.05) is 0 Å². The van der Waals surface area contributed by atoms with Gasteiger partial charge in [0, 0.05) is 0 Å². The molecule has 0 heterocycles. The van der Waals surface area contributed by atoms with Gasteiger partial charge in [-0.05, 0) is 29.0 Å². The summed E-state index contributed by atoms with van der Waals surface area (Å²) in [7, 11) is 0. The number of hydrogen-bond acceptors (Lipinski definition) is 2. The van der Waals surface area contributed by atoms with Crippen LogP contribution in [0.3, 0.4) is 0 Å². The molecule has 3 heteroatoms. The Hall–Kier alpha value is -2.03. The average Bonchev–Trinajstić information content (AvgIpc) is 2.16. The molecule has 0 aliphatic rings. The molecule has 0 spiro atoms. The van der Waals surface area contributed by atoms with Crippen LogP contribution in [0.4, 0.5) is 0 Å². The number of fused-ring (bicyclic) bond motifs is 1. The minimum Gasteiger partial charge on any atom is -0.508 e. The third-order valence-electron chi connectivity index (χ3n) is 2.10. The van der Waals surface area contributed by atoms with Crippen molar-refractivity contribution >= 4 is 16.7 Å². The van der Waals surface area contributed by atoms with Crippen molar-refractivity contribution in [3.63, 3.8) is 0 Å². The van der Waals surface area contributed by atoms with Crippen molar-refractivity contribution < 1.29 is 15.0 Å². The maximum Gasteiger partial charge on any atom is 0.336 e. The van der Waals surface area contributed by atoms with Crippen LogP contribution < -0.4 is 0 Å². The first-order valence-corrected chi connectivity index (χ1v) is 4.13. The smallest absolute Gasteiger partial charge is 0.336 e. The maximum atomic E-state index is 10.8. The van der Waals surface area contributed by atoms with Crippen LogP contribution in [-0.2, 0) is 0 Å². The Kier molecular flexibility index (Phi) is 1.85. The monoisotopic (exact) mass is 188 g/mol. The summed E-state index contributed by atoms with van der Waals surface area (Å²) >= 11 is 0. The van der Waals surface area contributed by atoms with E-state index in [2.05, 4.69) is 0 Å². The number of carboxylic acid groups (broad SMARTS) is 1. The molecule has 14 heavy (non-hydrogen) atoms. The van der Waals surface area contributed by atoms with Crippen molar-refractivity contribution in [1.82, 2.24) is 0 Å². The normalized spacial score (nSPS) is 10.3. The maximum absolute atomic E-state index is 10.8. The highest BCUT2D eigenvalue weighted by atomic mass is 16.4. The van der Waals surface area contributed by atoms with Gasteiger partial charge in [0.15, 0.2) is 0 Å². The average molecular weight is 188 g/mol. The molecular weight excluding hydrogens is 180 g/mol. The highest BCUT2D eigenvalue weighted by molar-refractivity contribution is 6.03. The fourth-order valence-electron chi connectivity index (χ4n) is 1.45. The first-order chi connectivity index (χ1) is 6.68. The lowest BCUT2D eigenvalue weighted by Crippen LogP contribution is -1.96. The van der Waals surface area contributed by atoms with Crippen molar-refractivity contribution in [1.29, 1.82) is 0 Å². The predicted molar refractivity (Wildman–Crippen MR) is 52.6 cm³/mol. The third-order valence-corrected chi connectivity index (χ3v) is 2.10. The lowest BCUT2D eigenvalue weighted by Gasteiger charge is -2.02. The highest BCUT2D eigenvalue weighted by Crippen LogP contribution is 2.23. The Bertz CT molecular complexity index is 503. The second-order valence-electron chi connectivity index (χ2n) is 3.02. The van der Waals surface area contributed by atoms with Crippen LogP contribution in [0, 0.1) is 0 Å². The standard InChI is InChI=1S/C11H8O3/c12-8-5-4-7-2-1-3-9(11(13)14)10(7)6-8/h1-6,12H,(H,13,14). The van der Waals surface area contributed by atoms with E-state index in [-0.39, 0.29) is 11.3 Å². The van der Waals surface area contributed by atoms with E-state index in [4.69, 9.17) is 5.11 Å². The quantitative estimate of drug-likeness (QED) is 0.721. The van der Waals surface area contributed by atoms with Gasteiger partial charge >= 0.3 is 5.97 Å². The number of aromatic hydroxyl groups is 1. The highest BCUT2D eigenvalue weighted by Gasteiger charge is 2.07. The lowest BCUT2D eigenvalue weighted by molar-refractivity contribution is 0.0699. The zero-order valence-electron chi connectivity index (χ0n) is 7.27. The Morgan fingerprint density at radius 1 is 1.14 bits per heavy atom. The number of carboxylic acids is 1. The van der Waals surface area contributed by atoms with Gasteiger partial charge in [0.2, 0.25) is 0 Å². The summed E-state index contributed by atoms with van der Waals surface area (Å²) in [5, 5.41) is 19.5. The number of benzene rings is 2. The molecule has 2 aromatic rings. The second-order valence-corrected chi connectivity index (χ2v) is 3.02. The van der Waals surface area contributed by atoms with Gasteiger partial charge in [-0.25, -0.2) is 4.79 Å². The fraction of sp³-hybridized carbons (Fsp3) is 0. The molecular formula is C11H8O3. The Labute approximate surface area is 80.2 Å². The largest absolute Gasteiger partial charge is 0.508 e. The van der Waals surface area contributed by atoms with E-state index in [9.17, 15) is 9.90 Å². The minimum absolute atomic E-state index is 0.0752. The summed E-state index contributed by atoms with van der Waals surface area (Å²) in [5.41, 5.74) is 0.207. The van der Waals surface area contributed by atoms with Crippen LogP contribution in [0.25, 0.3) is 10.8 Å². The third kappa shape index (κ3) is 1.29. The Morgan fingerprint density at radius 3 is 2.64 bits per heavy atom. The van der Waals surface area contributed by atoms with E-state index >= 15 is 0 Å². The van der Waals surface area contributed by atoms with Crippen LogP contribution in [-0.4, -0.2) is 16.2 Å². The molecule has 0 aromatic heterocycles. The zero-order chi connectivity index (χ0) is 10.1. The molecule has 0 saturated heterocycles. The number of carbonyl (C=O) groups is 1. The lowest BCUT2D eigenvalue weighted by atomic mass is 10.0. The first kappa shape index (κ1) is 8.56. The molecule has 0 amide bonds. The molecule has 0 aliphatic heterocycles. The van der Waals surface area contributed by atoms with Gasteiger partial charge in [-0.2, -0.15) is 0 Å². The molecule has 0 saturated carbocycles. The molecule has 0 aliphatic carbocycles. The number of phenolic OH excluding ortho intramolecular Hbond substituents is 1. The number of phenols is 1. The summed E-state index contributed by atoms with van der Waals surface area (Å²) in [6.45, 7) is 0. The Morgan fingerprint density at radius 2 is 1.93 bits per heavy atom. The summed E-state index contributed by atoms with van der Waals surface area (Å²) in [6.07, 6.45) is 0. The van der Waals surface area contributed by atoms with Crippen molar-refractivity contribution in [2.24, 2.45) is 0 Å². The number of hydrogen-bond donors (Lipinski definition) is 2. The van der Waals surface area contributed by atoms with Crippen LogP contribution in [0.5, 0.6) is 5.75 Å².